The summed E-state index contributed by atoms with van der Waals surface area (Å²) in [5.41, 5.74) is 10.5. The van der Waals surface area contributed by atoms with Gasteiger partial charge in [0.25, 0.3) is 5.91 Å². The van der Waals surface area contributed by atoms with Crippen molar-refractivity contribution in [1.82, 2.24) is 45.4 Å². The molecule has 5 atom stereocenters. The fourth-order valence-corrected chi connectivity index (χ4v) is 12.5. The molecule has 2 bridgehead atoms. The van der Waals surface area contributed by atoms with Gasteiger partial charge in [0.15, 0.2) is 5.78 Å². The number of nitrogens with one attached hydrogen (secondary N) is 3. The minimum Gasteiger partial charge on any atom is -0.481 e. The van der Waals surface area contributed by atoms with Gasteiger partial charge < -0.3 is 55.5 Å². The van der Waals surface area contributed by atoms with E-state index in [1.165, 1.54) is 48.2 Å². The van der Waals surface area contributed by atoms with Crippen LogP contribution in [0.2, 0.25) is 0 Å². The Morgan fingerprint density at radius 1 is 0.899 bits per heavy atom. The number of anilines is 2. The molecule has 7 heterocycles. The SMILES string of the molecule is CN[C@H](C)C(=O)N[C@@H](C(=O)N1CCC[C@@H]1C1=NC(C(=O)c2ccc(F)cc2)CS1)C1CCN(CCOCCOCCC(=O)NCCn2nc3c(c2OC)-c2cnc(N)c(c2)N2CCC[C@@H]2c2cc(F)ccc2C(=O)N(C)C3)CC1. The number of nitrogens with two attached hydrogens (primary N) is 1. The molecule has 3 saturated heterocycles. The monoisotopic (exact) mass is 1110 g/mol. The van der Waals surface area contributed by atoms with Crippen LogP contribution in [0.5, 0.6) is 5.88 Å². The van der Waals surface area contributed by atoms with E-state index < -0.39 is 29.8 Å². The first kappa shape index (κ1) is 57.2. The van der Waals surface area contributed by atoms with Gasteiger partial charge in [0.05, 0.1) is 86.7 Å². The van der Waals surface area contributed by atoms with E-state index in [0.717, 1.165) is 37.4 Å². The van der Waals surface area contributed by atoms with Crippen molar-refractivity contribution < 1.29 is 47.0 Å². The molecule has 20 nitrogen and oxygen atoms in total. The second kappa shape index (κ2) is 26.2. The predicted octanol–water partition coefficient (Wildman–Crippen LogP) is 4.47. The van der Waals surface area contributed by atoms with Gasteiger partial charge in [0.2, 0.25) is 23.6 Å². The molecule has 4 aromatic rings. The summed E-state index contributed by atoms with van der Waals surface area (Å²) in [5.74, 6) is -0.719. The molecular weight excluding hydrogens is 1040 g/mol. The Labute approximate surface area is 463 Å². The first-order chi connectivity index (χ1) is 38.2. The van der Waals surface area contributed by atoms with Crippen molar-refractivity contribution >= 4 is 57.7 Å². The number of amides is 4. The standard InChI is InChI=1S/C56H72F2N12O8S/c1-34(60-2)52(73)64-49(55(75)69-20-6-8-45(69)53-63-43(33-79-53)50(72)36-9-11-38(57)12-10-36)35-15-21-67(22-16-35)24-26-78-28-27-77-25-17-47(71)61-18-23-70-56(76-4)48-37-29-46(51(59)62-31-37)68-19-5-7-44(68)41-30-39(58)13-14-40(41)54(74)66(3)32-42(48)65-70/h9-14,29-31,34-35,43-45,49,60H,5-8,15-28,32-33H2,1-4H3,(H2,59,62)(H,61,71)(H,64,73)/t34-,43?,44-,45-,49-/m1/s1. The second-order valence-corrected chi connectivity index (χ2v) is 21.8. The molecule has 0 spiro atoms. The molecule has 2 aromatic carbocycles. The molecule has 3 fully saturated rings. The summed E-state index contributed by atoms with van der Waals surface area (Å²) >= 11 is 1.49. The lowest BCUT2D eigenvalue weighted by Crippen LogP contribution is -2.58. The van der Waals surface area contributed by atoms with Crippen LogP contribution in [0, 0.1) is 17.6 Å². The molecular formula is C56H72F2N12O8S. The second-order valence-electron chi connectivity index (χ2n) is 20.8. The lowest BCUT2D eigenvalue weighted by atomic mass is 9.88. The van der Waals surface area contributed by atoms with E-state index in [0.29, 0.717) is 115 Å². The number of benzene rings is 2. The highest BCUT2D eigenvalue weighted by molar-refractivity contribution is 8.14. The Bertz CT molecular complexity index is 2880. The van der Waals surface area contributed by atoms with Crippen LogP contribution in [0.1, 0.15) is 89.9 Å². The Kier molecular flexibility index (Phi) is 18.9. The van der Waals surface area contributed by atoms with Crippen molar-refractivity contribution in [2.24, 2.45) is 10.9 Å². The number of carbonyl (C=O) groups is 5. The molecule has 79 heavy (non-hydrogen) atoms. The number of fused-ring (bicyclic) bond motifs is 8. The molecule has 5 N–H and O–H groups in total. The van der Waals surface area contributed by atoms with Gasteiger partial charge >= 0.3 is 0 Å². The van der Waals surface area contributed by atoms with Gasteiger partial charge in [-0.1, -0.05) is 0 Å². The van der Waals surface area contributed by atoms with Gasteiger partial charge in [-0.25, -0.2) is 18.4 Å². The van der Waals surface area contributed by atoms with Crippen molar-refractivity contribution in [3.63, 3.8) is 0 Å². The normalized spacial score (nSPS) is 20.4. The summed E-state index contributed by atoms with van der Waals surface area (Å²) in [5, 5.41) is 14.6. The maximum atomic E-state index is 14.7. The van der Waals surface area contributed by atoms with Gasteiger partial charge in [-0.15, -0.1) is 11.8 Å². The van der Waals surface area contributed by atoms with Gasteiger partial charge in [-0.2, -0.15) is 5.10 Å². The number of aromatic nitrogens is 3. The molecule has 424 valence electrons. The van der Waals surface area contributed by atoms with Crippen molar-refractivity contribution in [3.8, 4) is 17.0 Å². The quantitative estimate of drug-likeness (QED) is 0.0666. The number of likely N-dealkylation sites (N-methyl/N-ethyl adjacent to an activating group) is 1. The first-order valence-corrected chi connectivity index (χ1v) is 28.4. The molecule has 1 unspecified atom stereocenters. The van der Waals surface area contributed by atoms with Crippen LogP contribution >= 0.6 is 11.8 Å². The highest BCUT2D eigenvalue weighted by atomic mass is 32.2. The Morgan fingerprint density at radius 3 is 2.39 bits per heavy atom. The van der Waals surface area contributed by atoms with Gasteiger partial charge in [0, 0.05) is 68.3 Å². The maximum Gasteiger partial charge on any atom is 0.254 e. The summed E-state index contributed by atoms with van der Waals surface area (Å²) in [6.45, 7) is 7.06. The highest BCUT2D eigenvalue weighted by Crippen LogP contribution is 2.44. The number of carbonyl (C=O) groups excluding carboxylic acids is 5. The average molecular weight is 1110 g/mol. The summed E-state index contributed by atoms with van der Waals surface area (Å²) in [7, 11) is 4.94. The van der Waals surface area contributed by atoms with Crippen LogP contribution in [-0.4, -0.2) is 181 Å². The Morgan fingerprint density at radius 2 is 1.63 bits per heavy atom. The van der Waals surface area contributed by atoms with Gasteiger partial charge in [-0.3, -0.25) is 29.0 Å². The van der Waals surface area contributed by atoms with E-state index in [1.807, 2.05) is 11.0 Å². The molecule has 23 heteroatoms. The fourth-order valence-electron chi connectivity index (χ4n) is 11.3. The van der Waals surface area contributed by atoms with Crippen molar-refractivity contribution in [2.75, 3.05) is 103 Å². The third-order valence-corrected chi connectivity index (χ3v) is 16.9. The van der Waals surface area contributed by atoms with Crippen LogP contribution in [-0.2, 0) is 36.9 Å². The van der Waals surface area contributed by atoms with Crippen LogP contribution in [0.4, 0.5) is 20.3 Å². The van der Waals surface area contributed by atoms with Gasteiger partial charge in [0.1, 0.15) is 29.5 Å². The number of nitrogens with zero attached hydrogens (tertiary/aromatic N) is 8. The smallest absolute Gasteiger partial charge is 0.254 e. The number of pyridine rings is 1. The largest absolute Gasteiger partial charge is 0.481 e. The third kappa shape index (κ3) is 13.2. The van der Waals surface area contributed by atoms with Crippen LogP contribution in [0.25, 0.3) is 11.1 Å². The summed E-state index contributed by atoms with van der Waals surface area (Å²) in [6.07, 6.45) is 6.25. The number of rotatable bonds is 21. The fraction of sp³-hybridized carbons (Fsp3) is 0.536. The number of Topliss-reactive ketones (excluding diaryl/α,β-unsaturated/α-hetero) is 1. The van der Waals surface area contributed by atoms with Crippen LogP contribution < -0.4 is 31.3 Å². The molecule has 0 radical (unpaired) electrons. The first-order valence-electron chi connectivity index (χ1n) is 27.4. The topological polar surface area (TPSA) is 231 Å². The lowest BCUT2D eigenvalue weighted by Gasteiger charge is -2.38. The van der Waals surface area contributed by atoms with Crippen LogP contribution in [0.3, 0.4) is 0 Å². The summed E-state index contributed by atoms with van der Waals surface area (Å²) < 4.78 is 47.5. The number of thioether (sulfide) groups is 1. The number of piperidine rings is 1. The number of hydrogen-bond donors (Lipinski definition) is 4. The number of methoxy groups -OCH3 is 1. The van der Waals surface area contributed by atoms with E-state index in [-0.39, 0.29) is 80.1 Å². The highest BCUT2D eigenvalue weighted by Gasteiger charge is 2.43. The minimum atomic E-state index is -0.715. The molecule has 5 aliphatic rings. The van der Waals surface area contributed by atoms with Gasteiger partial charge in [-0.05, 0) is 126 Å². The predicted molar refractivity (Wildman–Crippen MR) is 296 cm³/mol. The van der Waals surface area contributed by atoms with E-state index in [2.05, 4.69) is 30.7 Å². The average Bonchev–Trinajstić information content (AvgIpc) is 4.36. The van der Waals surface area contributed by atoms with E-state index in [4.69, 9.17) is 30.0 Å². The number of nitrogen functional groups attached to an aromatic ring is 1. The minimum absolute atomic E-state index is 0.0804. The third-order valence-electron chi connectivity index (χ3n) is 15.7. The number of halogens is 2. The van der Waals surface area contributed by atoms with Crippen molar-refractivity contribution in [3.05, 3.63) is 88.7 Å². The molecule has 0 saturated carbocycles. The van der Waals surface area contributed by atoms with Crippen LogP contribution in [0.15, 0.2) is 59.7 Å². The maximum absolute atomic E-state index is 14.7. The zero-order chi connectivity index (χ0) is 55.7. The number of aliphatic imine (C=N–C) groups is 1. The molecule has 5 aliphatic heterocycles. The molecule has 2 aromatic heterocycles. The van der Waals surface area contributed by atoms with E-state index in [1.54, 1.807) is 50.0 Å². The van der Waals surface area contributed by atoms with E-state index >= 15 is 0 Å². The van der Waals surface area contributed by atoms with Crippen molar-refractivity contribution in [2.45, 2.75) is 95.2 Å². The molecule has 9 rings (SSSR count). The lowest BCUT2D eigenvalue weighted by molar-refractivity contribution is -0.138. The zero-order valence-corrected chi connectivity index (χ0v) is 46.2. The zero-order valence-electron chi connectivity index (χ0n) is 45.4. The number of likely N-dealkylation sites (tertiary alicyclic amines) is 2. The summed E-state index contributed by atoms with van der Waals surface area (Å²) in [6, 6.07) is 9.36. The summed E-state index contributed by atoms with van der Waals surface area (Å²) in [4.78, 5) is 85.1. The van der Waals surface area contributed by atoms with E-state index in [9.17, 15) is 32.8 Å². The molecule has 4 amide bonds. The van der Waals surface area contributed by atoms with Crippen molar-refractivity contribution in [1.29, 1.82) is 0 Å². The molecule has 0 aliphatic carbocycles. The number of ether oxygens (including phenoxy) is 3. The Hall–Kier alpha value is -6.53. The Balaban J connectivity index is 0.710. The number of ketones is 1. The number of hydrogen-bond acceptors (Lipinski definition) is 16.